The topological polar surface area (TPSA) is 77.4 Å². The van der Waals surface area contributed by atoms with Crippen LogP contribution >= 0.6 is 11.8 Å². The number of rotatable bonds is 6. The van der Waals surface area contributed by atoms with E-state index >= 15 is 0 Å². The lowest BCUT2D eigenvalue weighted by Gasteiger charge is -2.35. The Balaban J connectivity index is 1.65. The van der Waals surface area contributed by atoms with E-state index in [4.69, 9.17) is 19.2 Å². The minimum Gasteiger partial charge on any atom is -0.493 e. The average Bonchev–Trinajstić information content (AvgIpc) is 3.15. The van der Waals surface area contributed by atoms with Gasteiger partial charge in [0.15, 0.2) is 16.7 Å². The predicted molar refractivity (Wildman–Crippen MR) is 138 cm³/mol. The summed E-state index contributed by atoms with van der Waals surface area (Å²) in [5, 5.41) is 0.709. The van der Waals surface area contributed by atoms with Crippen molar-refractivity contribution in [1.29, 1.82) is 0 Å². The van der Waals surface area contributed by atoms with Gasteiger partial charge < -0.3 is 14.2 Å². The van der Waals surface area contributed by atoms with Crippen LogP contribution in [-0.4, -0.2) is 41.9 Å². The third kappa shape index (κ3) is 5.88. The van der Waals surface area contributed by atoms with Crippen LogP contribution in [0.3, 0.4) is 0 Å². The average molecular weight is 495 g/mol. The van der Waals surface area contributed by atoms with Gasteiger partial charge in [-0.05, 0) is 73.4 Å². The van der Waals surface area contributed by atoms with Gasteiger partial charge >= 0.3 is 6.16 Å². The second kappa shape index (κ2) is 11.4. The lowest BCUT2D eigenvalue weighted by atomic mass is 9.85. The lowest BCUT2D eigenvalue weighted by Crippen LogP contribution is -2.44. The number of benzene rings is 2. The molecule has 0 bridgehead atoms. The summed E-state index contributed by atoms with van der Waals surface area (Å²) >= 11 is 1.39. The molecule has 2 atom stereocenters. The standard InChI is InChI=1S/C27H30N2O5S/c1-4-33-27(31)34-22-15-14-19(16-23(22)32-3)17-24-25(30)29(21-13-9-8-10-18(21)2)26(35-24)28-20-11-6-5-7-12-20/h5-7,11-12,14-18,21H,4,8-10,13H2,1-3H3/b24-17-,28-26?/t18-,21+/m0/s1. The quantitative estimate of drug-likeness (QED) is 0.262. The SMILES string of the molecule is CCOC(=O)Oc1ccc(/C=C2\SC(=Nc3ccccc3)N([C@@H]3CCCC[C@@H]3C)C2=O)cc1OC. The number of hydrogen-bond acceptors (Lipinski definition) is 7. The van der Waals surface area contributed by atoms with Crippen LogP contribution < -0.4 is 9.47 Å². The largest absolute Gasteiger partial charge is 0.513 e. The van der Waals surface area contributed by atoms with Crippen LogP contribution in [-0.2, 0) is 9.53 Å². The Hall–Kier alpha value is -3.26. The van der Waals surface area contributed by atoms with Crippen LogP contribution in [0.5, 0.6) is 11.5 Å². The summed E-state index contributed by atoms with van der Waals surface area (Å²) in [4.78, 5) is 32.7. The lowest BCUT2D eigenvalue weighted by molar-refractivity contribution is -0.124. The van der Waals surface area contributed by atoms with Crippen molar-refractivity contribution in [3.63, 3.8) is 0 Å². The van der Waals surface area contributed by atoms with Crippen molar-refractivity contribution in [3.05, 3.63) is 59.0 Å². The highest BCUT2D eigenvalue weighted by Crippen LogP contribution is 2.40. The van der Waals surface area contributed by atoms with E-state index in [1.165, 1.54) is 25.3 Å². The molecule has 1 heterocycles. The molecule has 7 nitrogen and oxygen atoms in total. The number of hydrogen-bond donors (Lipinski definition) is 0. The number of ether oxygens (including phenoxy) is 3. The van der Waals surface area contributed by atoms with E-state index in [2.05, 4.69) is 6.92 Å². The number of nitrogens with zero attached hydrogens (tertiary/aromatic N) is 2. The van der Waals surface area contributed by atoms with Crippen molar-refractivity contribution >= 4 is 40.8 Å². The van der Waals surface area contributed by atoms with Gasteiger partial charge in [-0.15, -0.1) is 0 Å². The molecule has 0 N–H and O–H groups in total. The number of carbonyl (C=O) groups is 2. The highest BCUT2D eigenvalue weighted by Gasteiger charge is 2.41. The van der Waals surface area contributed by atoms with Crippen molar-refractivity contribution < 1.29 is 23.8 Å². The molecule has 0 radical (unpaired) electrons. The molecular formula is C27H30N2O5S. The molecular weight excluding hydrogens is 464 g/mol. The first-order chi connectivity index (χ1) is 17.0. The monoisotopic (exact) mass is 494 g/mol. The molecule has 1 amide bonds. The highest BCUT2D eigenvalue weighted by atomic mass is 32.2. The number of carbonyl (C=O) groups excluding carboxylic acids is 2. The predicted octanol–water partition coefficient (Wildman–Crippen LogP) is 6.41. The van der Waals surface area contributed by atoms with Gasteiger partial charge in [0.05, 0.1) is 24.3 Å². The van der Waals surface area contributed by atoms with Crippen molar-refractivity contribution in [2.75, 3.05) is 13.7 Å². The van der Waals surface area contributed by atoms with E-state index in [0.717, 1.165) is 30.5 Å². The van der Waals surface area contributed by atoms with Crippen molar-refractivity contribution in [3.8, 4) is 11.5 Å². The molecule has 1 saturated heterocycles. The zero-order valence-electron chi connectivity index (χ0n) is 20.2. The summed E-state index contributed by atoms with van der Waals surface area (Å²) in [5.41, 5.74) is 1.58. The Kier molecular flexibility index (Phi) is 8.13. The van der Waals surface area contributed by atoms with E-state index in [1.54, 1.807) is 25.1 Å². The fourth-order valence-corrected chi connectivity index (χ4v) is 5.44. The van der Waals surface area contributed by atoms with Crippen LogP contribution in [0.1, 0.15) is 45.1 Å². The smallest absolute Gasteiger partial charge is 0.493 e. The van der Waals surface area contributed by atoms with Crippen LogP contribution in [0.25, 0.3) is 6.08 Å². The number of amides is 1. The molecule has 2 aromatic rings. The van der Waals surface area contributed by atoms with Gasteiger partial charge in [0.2, 0.25) is 0 Å². The van der Waals surface area contributed by atoms with Gasteiger partial charge in [-0.3, -0.25) is 9.69 Å². The maximum Gasteiger partial charge on any atom is 0.513 e. The summed E-state index contributed by atoms with van der Waals surface area (Å²) < 4.78 is 15.4. The molecule has 2 fully saturated rings. The molecule has 1 aliphatic heterocycles. The number of thioether (sulfide) groups is 1. The van der Waals surface area contributed by atoms with Gasteiger partial charge in [-0.2, -0.15) is 0 Å². The molecule has 0 unspecified atom stereocenters. The van der Waals surface area contributed by atoms with E-state index in [1.807, 2.05) is 41.3 Å². The Morgan fingerprint density at radius 1 is 1.14 bits per heavy atom. The fraction of sp³-hybridized carbons (Fsp3) is 0.370. The Bertz CT molecular complexity index is 1130. The third-order valence-corrected chi connectivity index (χ3v) is 7.14. The molecule has 1 saturated carbocycles. The molecule has 2 aliphatic rings. The molecule has 184 valence electrons. The van der Waals surface area contributed by atoms with E-state index < -0.39 is 6.16 Å². The van der Waals surface area contributed by atoms with Gasteiger partial charge in [-0.25, -0.2) is 9.79 Å². The number of aliphatic imine (C=N–C) groups is 1. The summed E-state index contributed by atoms with van der Waals surface area (Å²) in [6.07, 6.45) is 5.43. The van der Waals surface area contributed by atoms with E-state index in [0.29, 0.717) is 21.7 Å². The Labute approximate surface area is 210 Å². The third-order valence-electron chi connectivity index (χ3n) is 6.16. The Morgan fingerprint density at radius 2 is 1.91 bits per heavy atom. The first kappa shape index (κ1) is 24.9. The Morgan fingerprint density at radius 3 is 2.63 bits per heavy atom. The molecule has 1 aliphatic carbocycles. The minimum absolute atomic E-state index is 0.0331. The molecule has 2 aromatic carbocycles. The first-order valence-electron chi connectivity index (χ1n) is 11.9. The number of para-hydroxylation sites is 1. The van der Waals surface area contributed by atoms with Crippen molar-refractivity contribution in [2.45, 2.75) is 45.6 Å². The van der Waals surface area contributed by atoms with Crippen LogP contribution in [0.2, 0.25) is 0 Å². The maximum absolute atomic E-state index is 13.6. The summed E-state index contributed by atoms with van der Waals surface area (Å²) in [5.74, 6) is 1.00. The van der Waals surface area contributed by atoms with Gasteiger partial charge in [0.25, 0.3) is 5.91 Å². The molecule has 0 aromatic heterocycles. The van der Waals surface area contributed by atoms with Gasteiger partial charge in [-0.1, -0.05) is 44.0 Å². The zero-order valence-corrected chi connectivity index (χ0v) is 21.0. The van der Waals surface area contributed by atoms with E-state index in [9.17, 15) is 9.59 Å². The van der Waals surface area contributed by atoms with Crippen LogP contribution in [0, 0.1) is 5.92 Å². The summed E-state index contributed by atoms with van der Waals surface area (Å²) in [7, 11) is 1.50. The summed E-state index contributed by atoms with van der Waals surface area (Å²) in [6, 6.07) is 15.0. The summed E-state index contributed by atoms with van der Waals surface area (Å²) in [6.45, 7) is 4.14. The van der Waals surface area contributed by atoms with Crippen molar-refractivity contribution in [1.82, 2.24) is 4.90 Å². The second-order valence-corrected chi connectivity index (χ2v) is 9.55. The first-order valence-corrected chi connectivity index (χ1v) is 12.7. The van der Waals surface area contributed by atoms with E-state index in [-0.39, 0.29) is 24.3 Å². The van der Waals surface area contributed by atoms with Crippen molar-refractivity contribution in [2.24, 2.45) is 10.9 Å². The number of methoxy groups -OCH3 is 1. The molecule has 8 heteroatoms. The molecule has 4 rings (SSSR count). The molecule has 0 spiro atoms. The molecule has 35 heavy (non-hydrogen) atoms. The van der Waals surface area contributed by atoms with Crippen LogP contribution in [0.15, 0.2) is 58.4 Å². The van der Waals surface area contributed by atoms with Crippen LogP contribution in [0.4, 0.5) is 10.5 Å². The maximum atomic E-state index is 13.6. The van der Waals surface area contributed by atoms with Gasteiger partial charge in [0.1, 0.15) is 0 Å². The zero-order chi connectivity index (χ0) is 24.8. The van der Waals surface area contributed by atoms with Gasteiger partial charge in [0, 0.05) is 6.04 Å². The minimum atomic E-state index is -0.794. The highest BCUT2D eigenvalue weighted by molar-refractivity contribution is 8.18. The number of amidine groups is 1. The second-order valence-electron chi connectivity index (χ2n) is 8.54. The fourth-order valence-electron chi connectivity index (χ4n) is 4.40. The normalized spacial score (nSPS) is 22.5.